The highest BCUT2D eigenvalue weighted by molar-refractivity contribution is 5.58. The fraction of sp³-hybridized carbons (Fsp3) is 0. The van der Waals surface area contributed by atoms with Crippen LogP contribution in [-0.4, -0.2) is 4.92 Å². The van der Waals surface area contributed by atoms with Crippen LogP contribution in [0.25, 0.3) is 5.70 Å². The van der Waals surface area contributed by atoms with E-state index in [2.05, 4.69) is 16.8 Å². The van der Waals surface area contributed by atoms with Gasteiger partial charge in [-0.15, -0.1) is 0 Å². The van der Waals surface area contributed by atoms with Gasteiger partial charge in [0.1, 0.15) is 0 Å². The molecule has 0 fully saturated rings. The molecule has 5 nitrogen and oxygen atoms in total. The van der Waals surface area contributed by atoms with E-state index in [1.807, 2.05) is 30.3 Å². The maximum absolute atomic E-state index is 10.6. The topological polar surface area (TPSA) is 67.9 Å². The molecule has 0 heterocycles. The first kappa shape index (κ1) is 12.6. The molecule has 0 aliphatic carbocycles. The summed E-state index contributed by atoms with van der Waals surface area (Å²) in [7, 11) is 0. The molecule has 0 spiro atoms. The lowest BCUT2D eigenvalue weighted by atomic mass is 10.2. The molecule has 94 valence electrons. The van der Waals surface area contributed by atoms with Gasteiger partial charge >= 0.3 is 0 Å². The number of nitrogens with zero attached hydrogens (tertiary/aromatic N) is 3. The molecule has 0 saturated carbocycles. The van der Waals surface area contributed by atoms with Gasteiger partial charge in [0.2, 0.25) is 0 Å². The number of hydrogen-bond donors (Lipinski definition) is 0. The summed E-state index contributed by atoms with van der Waals surface area (Å²) in [4.78, 5) is 10.0. The Hall–Kier alpha value is -2.82. The molecule has 19 heavy (non-hydrogen) atoms. The standard InChI is InChI=1S/C14H11N3O2/c1-11(17(18)19)12-7-9-14(10-8-12)16-15-13-5-3-2-4-6-13/h2-10H,1H2. The summed E-state index contributed by atoms with van der Waals surface area (Å²) in [6.07, 6.45) is 0. The fourth-order valence-corrected chi connectivity index (χ4v) is 1.44. The molecule has 0 atom stereocenters. The van der Waals surface area contributed by atoms with Crippen LogP contribution >= 0.6 is 0 Å². The average molecular weight is 253 g/mol. The van der Waals surface area contributed by atoms with Gasteiger partial charge in [-0.25, -0.2) is 0 Å². The summed E-state index contributed by atoms with van der Waals surface area (Å²) >= 11 is 0. The van der Waals surface area contributed by atoms with Crippen LogP contribution in [0.15, 0.2) is 71.4 Å². The Morgan fingerprint density at radius 1 is 0.947 bits per heavy atom. The van der Waals surface area contributed by atoms with Crippen molar-refractivity contribution in [3.8, 4) is 0 Å². The largest absolute Gasteiger partial charge is 0.269 e. The van der Waals surface area contributed by atoms with E-state index >= 15 is 0 Å². The van der Waals surface area contributed by atoms with E-state index in [-0.39, 0.29) is 5.70 Å². The Bertz CT molecular complexity index is 619. The van der Waals surface area contributed by atoms with Gasteiger partial charge in [-0.2, -0.15) is 10.2 Å². The lowest BCUT2D eigenvalue weighted by Crippen LogP contribution is -1.94. The first-order chi connectivity index (χ1) is 9.16. The Labute approximate surface area is 110 Å². The van der Waals surface area contributed by atoms with Crippen LogP contribution in [0.4, 0.5) is 11.4 Å². The molecular formula is C14H11N3O2. The van der Waals surface area contributed by atoms with Gasteiger partial charge in [0, 0.05) is 0 Å². The van der Waals surface area contributed by atoms with E-state index in [0.29, 0.717) is 11.3 Å². The number of azo groups is 1. The zero-order chi connectivity index (χ0) is 13.7. The number of nitro groups is 1. The second-order valence-corrected chi connectivity index (χ2v) is 3.79. The van der Waals surface area contributed by atoms with Crippen molar-refractivity contribution in [2.75, 3.05) is 0 Å². The highest BCUT2D eigenvalue weighted by atomic mass is 16.6. The predicted octanol–water partition coefficient (Wildman–Crippen LogP) is 4.35. The molecule has 0 bridgehead atoms. The molecular weight excluding hydrogens is 242 g/mol. The Morgan fingerprint density at radius 2 is 1.47 bits per heavy atom. The third-order valence-electron chi connectivity index (χ3n) is 2.46. The van der Waals surface area contributed by atoms with Gasteiger partial charge < -0.3 is 0 Å². The van der Waals surface area contributed by atoms with Crippen molar-refractivity contribution in [3.63, 3.8) is 0 Å². The average Bonchev–Trinajstić information content (AvgIpc) is 2.46. The van der Waals surface area contributed by atoms with Crippen LogP contribution in [0.5, 0.6) is 0 Å². The summed E-state index contributed by atoms with van der Waals surface area (Å²) in [5, 5.41) is 18.7. The second-order valence-electron chi connectivity index (χ2n) is 3.79. The summed E-state index contributed by atoms with van der Waals surface area (Å²) < 4.78 is 0. The normalized spacial score (nSPS) is 10.5. The summed E-state index contributed by atoms with van der Waals surface area (Å²) in [5.74, 6) is 0. The van der Waals surface area contributed by atoms with E-state index in [0.717, 1.165) is 5.69 Å². The first-order valence-electron chi connectivity index (χ1n) is 5.57. The minimum atomic E-state index is -0.513. The molecule has 0 N–H and O–H groups in total. The predicted molar refractivity (Wildman–Crippen MR) is 73.1 cm³/mol. The van der Waals surface area contributed by atoms with Crippen molar-refractivity contribution in [2.45, 2.75) is 0 Å². The molecule has 0 aliphatic heterocycles. The van der Waals surface area contributed by atoms with E-state index < -0.39 is 4.92 Å². The van der Waals surface area contributed by atoms with Crippen molar-refractivity contribution in [1.82, 2.24) is 0 Å². The first-order valence-corrected chi connectivity index (χ1v) is 5.57. The highest BCUT2D eigenvalue weighted by Gasteiger charge is 2.09. The molecule has 2 aromatic rings. The quantitative estimate of drug-likeness (QED) is 0.461. The van der Waals surface area contributed by atoms with Crippen LogP contribution in [0.3, 0.4) is 0 Å². The summed E-state index contributed by atoms with van der Waals surface area (Å²) in [6.45, 7) is 3.39. The second kappa shape index (κ2) is 5.68. The van der Waals surface area contributed by atoms with E-state index in [4.69, 9.17) is 0 Å². The van der Waals surface area contributed by atoms with Gasteiger partial charge in [-0.3, -0.25) is 10.1 Å². The minimum absolute atomic E-state index is 0.133. The lowest BCUT2D eigenvalue weighted by Gasteiger charge is -1.97. The van der Waals surface area contributed by atoms with Crippen LogP contribution in [0, 0.1) is 10.1 Å². The molecule has 0 unspecified atom stereocenters. The van der Waals surface area contributed by atoms with Gasteiger partial charge in [0.25, 0.3) is 5.70 Å². The molecule has 2 rings (SSSR count). The van der Waals surface area contributed by atoms with Crippen LogP contribution in [-0.2, 0) is 0 Å². The van der Waals surface area contributed by atoms with Crippen LogP contribution in [0.1, 0.15) is 5.56 Å². The van der Waals surface area contributed by atoms with Crippen LogP contribution < -0.4 is 0 Å². The molecule has 0 saturated heterocycles. The molecule has 0 aliphatic rings. The van der Waals surface area contributed by atoms with E-state index in [1.54, 1.807) is 24.3 Å². The SMILES string of the molecule is C=C(c1ccc(N=Nc2ccccc2)cc1)[N+](=O)[O-]. The highest BCUT2D eigenvalue weighted by Crippen LogP contribution is 2.20. The Morgan fingerprint density at radius 3 is 2.00 bits per heavy atom. The van der Waals surface area contributed by atoms with Gasteiger partial charge in [-0.05, 0) is 43.0 Å². The van der Waals surface area contributed by atoms with Crippen molar-refractivity contribution in [1.29, 1.82) is 0 Å². The van der Waals surface area contributed by atoms with E-state index in [9.17, 15) is 10.1 Å². The number of rotatable bonds is 4. The maximum Gasteiger partial charge on any atom is 0.269 e. The zero-order valence-corrected chi connectivity index (χ0v) is 10.1. The molecule has 0 radical (unpaired) electrons. The van der Waals surface area contributed by atoms with Crippen molar-refractivity contribution >= 4 is 17.1 Å². The van der Waals surface area contributed by atoms with Gasteiger partial charge in [-0.1, -0.05) is 18.2 Å². The van der Waals surface area contributed by atoms with E-state index in [1.165, 1.54) is 0 Å². The zero-order valence-electron chi connectivity index (χ0n) is 10.1. The monoisotopic (exact) mass is 253 g/mol. The lowest BCUT2D eigenvalue weighted by molar-refractivity contribution is -0.375. The smallest absolute Gasteiger partial charge is 0.258 e. The van der Waals surface area contributed by atoms with Crippen molar-refractivity contribution < 1.29 is 4.92 Å². The van der Waals surface area contributed by atoms with Gasteiger partial charge in [0.15, 0.2) is 0 Å². The summed E-state index contributed by atoms with van der Waals surface area (Å²) in [5.41, 5.74) is 1.71. The Balaban J connectivity index is 2.13. The maximum atomic E-state index is 10.6. The number of benzene rings is 2. The third kappa shape index (κ3) is 3.32. The van der Waals surface area contributed by atoms with Crippen molar-refractivity contribution in [2.24, 2.45) is 10.2 Å². The van der Waals surface area contributed by atoms with Gasteiger partial charge in [0.05, 0.1) is 21.9 Å². The Kier molecular flexibility index (Phi) is 3.78. The van der Waals surface area contributed by atoms with Crippen LogP contribution in [0.2, 0.25) is 0 Å². The fourth-order valence-electron chi connectivity index (χ4n) is 1.44. The van der Waals surface area contributed by atoms with Crippen molar-refractivity contribution in [3.05, 3.63) is 76.9 Å². The minimum Gasteiger partial charge on any atom is -0.258 e. The third-order valence-corrected chi connectivity index (χ3v) is 2.46. The molecule has 2 aromatic carbocycles. The molecule has 5 heteroatoms. The number of hydrogen-bond acceptors (Lipinski definition) is 4. The molecule has 0 aromatic heterocycles. The summed E-state index contributed by atoms with van der Waals surface area (Å²) in [6, 6.07) is 15.9. The molecule has 0 amide bonds.